The first-order chi connectivity index (χ1) is 11.5. The molecule has 0 aromatic heterocycles. The SMILES string of the molecule is COc1cccc(N2CC(NS(=O)(=O)N3CCOCC3)CC2=O)c1. The van der Waals surface area contributed by atoms with Crippen molar-refractivity contribution in [2.75, 3.05) is 44.9 Å². The number of nitrogens with zero attached hydrogens (tertiary/aromatic N) is 2. The van der Waals surface area contributed by atoms with E-state index < -0.39 is 16.3 Å². The molecule has 1 aromatic rings. The number of carbonyl (C=O) groups excluding carboxylic acids is 1. The van der Waals surface area contributed by atoms with E-state index in [1.165, 1.54) is 4.31 Å². The van der Waals surface area contributed by atoms with Crippen molar-refractivity contribution in [3.05, 3.63) is 24.3 Å². The van der Waals surface area contributed by atoms with E-state index in [1.54, 1.807) is 36.3 Å². The van der Waals surface area contributed by atoms with E-state index in [0.29, 0.717) is 44.3 Å². The van der Waals surface area contributed by atoms with Crippen molar-refractivity contribution in [1.29, 1.82) is 0 Å². The molecule has 1 aromatic carbocycles. The molecule has 8 nitrogen and oxygen atoms in total. The molecule has 1 amide bonds. The molecule has 1 unspecified atom stereocenters. The van der Waals surface area contributed by atoms with E-state index in [2.05, 4.69) is 4.72 Å². The minimum atomic E-state index is -3.61. The van der Waals surface area contributed by atoms with Crippen LogP contribution < -0.4 is 14.4 Å². The summed E-state index contributed by atoms with van der Waals surface area (Å²) in [5.74, 6) is 0.538. The second kappa shape index (κ2) is 7.06. The number of nitrogens with one attached hydrogen (secondary N) is 1. The van der Waals surface area contributed by atoms with Gasteiger partial charge >= 0.3 is 0 Å². The Morgan fingerprint density at radius 3 is 2.75 bits per heavy atom. The first kappa shape index (κ1) is 17.2. The molecule has 132 valence electrons. The molecular formula is C15H21N3O5S. The van der Waals surface area contributed by atoms with Crippen LogP contribution in [0.4, 0.5) is 5.69 Å². The van der Waals surface area contributed by atoms with Gasteiger partial charge in [-0.25, -0.2) is 0 Å². The quantitative estimate of drug-likeness (QED) is 0.801. The standard InChI is InChI=1S/C15H21N3O5S/c1-22-14-4-2-3-13(10-14)18-11-12(9-15(18)19)16-24(20,21)17-5-7-23-8-6-17/h2-4,10,12,16H,5-9,11H2,1H3. The van der Waals surface area contributed by atoms with Gasteiger partial charge in [0.05, 0.1) is 20.3 Å². The molecule has 2 fully saturated rings. The molecule has 0 bridgehead atoms. The average molecular weight is 355 g/mol. The topological polar surface area (TPSA) is 88.2 Å². The third kappa shape index (κ3) is 3.69. The number of carbonyl (C=O) groups is 1. The number of benzene rings is 1. The Morgan fingerprint density at radius 1 is 1.29 bits per heavy atom. The summed E-state index contributed by atoms with van der Waals surface area (Å²) in [6.45, 7) is 1.74. The van der Waals surface area contributed by atoms with E-state index in [1.807, 2.05) is 0 Å². The second-order valence-corrected chi connectivity index (χ2v) is 7.44. The largest absolute Gasteiger partial charge is 0.497 e. The van der Waals surface area contributed by atoms with Crippen LogP contribution in [0.1, 0.15) is 6.42 Å². The molecule has 2 aliphatic rings. The molecule has 2 aliphatic heterocycles. The number of methoxy groups -OCH3 is 1. The number of hydrogen-bond donors (Lipinski definition) is 1. The third-order valence-electron chi connectivity index (χ3n) is 4.12. The fourth-order valence-electron chi connectivity index (χ4n) is 2.89. The van der Waals surface area contributed by atoms with Gasteiger partial charge in [0.25, 0.3) is 10.2 Å². The number of morpholine rings is 1. The minimum absolute atomic E-state index is 0.113. The minimum Gasteiger partial charge on any atom is -0.497 e. The lowest BCUT2D eigenvalue weighted by atomic mass is 10.3. The third-order valence-corrected chi connectivity index (χ3v) is 5.79. The summed E-state index contributed by atoms with van der Waals surface area (Å²) in [6.07, 6.45) is 0.140. The maximum absolute atomic E-state index is 12.4. The smallest absolute Gasteiger partial charge is 0.279 e. The van der Waals surface area contributed by atoms with Crippen molar-refractivity contribution in [2.24, 2.45) is 0 Å². The predicted molar refractivity (Wildman–Crippen MR) is 88.2 cm³/mol. The number of amides is 1. The highest BCUT2D eigenvalue weighted by atomic mass is 32.2. The van der Waals surface area contributed by atoms with Crippen molar-refractivity contribution in [3.63, 3.8) is 0 Å². The highest BCUT2D eigenvalue weighted by Crippen LogP contribution is 2.25. The molecule has 0 saturated carbocycles. The first-order valence-corrected chi connectivity index (χ1v) is 9.23. The zero-order valence-corrected chi connectivity index (χ0v) is 14.3. The van der Waals surface area contributed by atoms with Gasteiger partial charge in [-0.1, -0.05) is 6.07 Å². The van der Waals surface area contributed by atoms with Crippen molar-refractivity contribution in [3.8, 4) is 5.75 Å². The zero-order chi connectivity index (χ0) is 17.2. The fraction of sp³-hybridized carbons (Fsp3) is 0.533. The lowest BCUT2D eigenvalue weighted by molar-refractivity contribution is -0.117. The molecule has 1 atom stereocenters. The predicted octanol–water partition coefficient (Wildman–Crippen LogP) is -0.0329. The first-order valence-electron chi connectivity index (χ1n) is 7.79. The monoisotopic (exact) mass is 355 g/mol. The molecule has 24 heavy (non-hydrogen) atoms. The Bertz CT molecular complexity index is 703. The Morgan fingerprint density at radius 2 is 2.04 bits per heavy atom. The normalized spacial score (nSPS) is 22.8. The van der Waals surface area contributed by atoms with E-state index in [0.717, 1.165) is 0 Å². The molecule has 0 spiro atoms. The Balaban J connectivity index is 1.68. The number of ether oxygens (including phenoxy) is 2. The van der Waals surface area contributed by atoms with E-state index >= 15 is 0 Å². The van der Waals surface area contributed by atoms with Crippen LogP contribution in [-0.2, 0) is 19.7 Å². The van der Waals surface area contributed by atoms with Gasteiger partial charge in [0.1, 0.15) is 5.75 Å². The van der Waals surface area contributed by atoms with Crippen LogP contribution in [0.25, 0.3) is 0 Å². The van der Waals surface area contributed by atoms with Gasteiger partial charge in [-0.2, -0.15) is 17.4 Å². The summed E-state index contributed by atoms with van der Waals surface area (Å²) in [7, 11) is -2.05. The fourth-order valence-corrected chi connectivity index (χ4v) is 4.24. The van der Waals surface area contributed by atoms with E-state index in [4.69, 9.17) is 9.47 Å². The number of rotatable bonds is 5. The molecular weight excluding hydrogens is 334 g/mol. The summed E-state index contributed by atoms with van der Waals surface area (Å²) >= 11 is 0. The van der Waals surface area contributed by atoms with Crippen molar-refractivity contribution in [1.82, 2.24) is 9.03 Å². The number of anilines is 1. The summed E-state index contributed by atoms with van der Waals surface area (Å²) in [4.78, 5) is 13.8. The van der Waals surface area contributed by atoms with Crippen LogP contribution in [0.2, 0.25) is 0 Å². The molecule has 9 heteroatoms. The summed E-state index contributed by atoms with van der Waals surface area (Å²) in [6, 6.07) is 6.71. The zero-order valence-electron chi connectivity index (χ0n) is 13.5. The lowest BCUT2D eigenvalue weighted by Crippen LogP contribution is -2.50. The van der Waals surface area contributed by atoms with E-state index in [9.17, 15) is 13.2 Å². The Labute approximate surface area is 141 Å². The van der Waals surface area contributed by atoms with Gasteiger partial charge in [-0.15, -0.1) is 0 Å². The van der Waals surface area contributed by atoms with Crippen LogP contribution >= 0.6 is 0 Å². The van der Waals surface area contributed by atoms with Crippen LogP contribution in [0.3, 0.4) is 0 Å². The lowest BCUT2D eigenvalue weighted by Gasteiger charge is -2.27. The number of hydrogen-bond acceptors (Lipinski definition) is 5. The second-order valence-electron chi connectivity index (χ2n) is 5.74. The molecule has 0 aliphatic carbocycles. The summed E-state index contributed by atoms with van der Waals surface area (Å²) in [5.41, 5.74) is 0.701. The highest BCUT2D eigenvalue weighted by Gasteiger charge is 2.35. The molecule has 2 heterocycles. The van der Waals surface area contributed by atoms with Gasteiger partial charge in [-0.05, 0) is 12.1 Å². The van der Waals surface area contributed by atoms with Crippen molar-refractivity contribution in [2.45, 2.75) is 12.5 Å². The van der Waals surface area contributed by atoms with Gasteiger partial charge in [-0.3, -0.25) is 4.79 Å². The van der Waals surface area contributed by atoms with Crippen molar-refractivity contribution >= 4 is 21.8 Å². The van der Waals surface area contributed by atoms with Crippen molar-refractivity contribution < 1.29 is 22.7 Å². The highest BCUT2D eigenvalue weighted by molar-refractivity contribution is 7.87. The molecule has 2 saturated heterocycles. The van der Waals surface area contributed by atoms with Crippen LogP contribution in [0.15, 0.2) is 24.3 Å². The maximum atomic E-state index is 12.4. The molecule has 1 N–H and O–H groups in total. The van der Waals surface area contributed by atoms with Crippen LogP contribution in [0, 0.1) is 0 Å². The van der Waals surface area contributed by atoms with Gasteiger partial charge in [0.15, 0.2) is 0 Å². The van der Waals surface area contributed by atoms with Gasteiger partial charge in [0.2, 0.25) is 5.91 Å². The summed E-state index contributed by atoms with van der Waals surface area (Å²) < 4.78 is 39.1. The average Bonchev–Trinajstić information content (AvgIpc) is 2.95. The Kier molecular flexibility index (Phi) is 5.04. The van der Waals surface area contributed by atoms with E-state index in [-0.39, 0.29) is 12.3 Å². The molecule has 3 rings (SSSR count). The Hall–Kier alpha value is -1.68. The maximum Gasteiger partial charge on any atom is 0.279 e. The van der Waals surface area contributed by atoms with Gasteiger partial charge in [0, 0.05) is 43.9 Å². The molecule has 0 radical (unpaired) electrons. The summed E-state index contributed by atoms with van der Waals surface area (Å²) in [5, 5.41) is 0. The van der Waals surface area contributed by atoms with Gasteiger partial charge < -0.3 is 14.4 Å². The van der Waals surface area contributed by atoms with Crippen LogP contribution in [0.5, 0.6) is 5.75 Å². The van der Waals surface area contributed by atoms with Crippen LogP contribution in [-0.4, -0.2) is 64.6 Å².